The van der Waals surface area contributed by atoms with Crippen LogP contribution in [0.15, 0.2) is 0 Å². The van der Waals surface area contributed by atoms with Crippen molar-refractivity contribution in [2.75, 3.05) is 26.2 Å². The second kappa shape index (κ2) is 4.29. The summed E-state index contributed by atoms with van der Waals surface area (Å²) in [5.41, 5.74) is 0. The first kappa shape index (κ1) is 11.2. The van der Waals surface area contributed by atoms with Gasteiger partial charge in [-0.05, 0) is 25.3 Å². The van der Waals surface area contributed by atoms with Crippen LogP contribution in [0.1, 0.15) is 19.3 Å². The summed E-state index contributed by atoms with van der Waals surface area (Å²) >= 11 is 0. The molecule has 0 saturated carbocycles. The van der Waals surface area contributed by atoms with Gasteiger partial charge in [0.25, 0.3) is 0 Å². The summed E-state index contributed by atoms with van der Waals surface area (Å²) in [4.78, 5) is 1.95. The van der Waals surface area contributed by atoms with Gasteiger partial charge in [-0.2, -0.15) is 13.2 Å². The summed E-state index contributed by atoms with van der Waals surface area (Å²) in [5.74, 6) is 0.576. The van der Waals surface area contributed by atoms with Crippen molar-refractivity contribution in [3.8, 4) is 0 Å². The number of fused-ring (bicyclic) bond motifs is 1. The lowest BCUT2D eigenvalue weighted by atomic mass is 9.94. The molecule has 2 aliphatic rings. The SMILES string of the molecule is FC(F)(F)CCN1CC2CCCNC2C1. The van der Waals surface area contributed by atoms with Crippen molar-refractivity contribution in [2.45, 2.75) is 31.5 Å². The molecular formula is C10H17F3N2. The minimum atomic E-state index is -4.01. The molecule has 5 heteroatoms. The van der Waals surface area contributed by atoms with Crippen molar-refractivity contribution < 1.29 is 13.2 Å². The molecule has 2 atom stereocenters. The van der Waals surface area contributed by atoms with Crippen LogP contribution in [0.4, 0.5) is 13.2 Å². The Kier molecular flexibility index (Phi) is 3.21. The largest absolute Gasteiger partial charge is 0.390 e. The van der Waals surface area contributed by atoms with Crippen molar-refractivity contribution in [1.29, 1.82) is 0 Å². The zero-order valence-electron chi connectivity index (χ0n) is 8.69. The molecule has 2 heterocycles. The van der Waals surface area contributed by atoms with Crippen LogP contribution in [0.25, 0.3) is 0 Å². The van der Waals surface area contributed by atoms with Crippen LogP contribution in [0.2, 0.25) is 0 Å². The predicted octanol–water partition coefficient (Wildman–Crippen LogP) is 1.62. The minimum absolute atomic E-state index is 0.165. The van der Waals surface area contributed by atoms with Gasteiger partial charge in [-0.15, -0.1) is 0 Å². The predicted molar refractivity (Wildman–Crippen MR) is 51.6 cm³/mol. The highest BCUT2D eigenvalue weighted by molar-refractivity contribution is 4.91. The third kappa shape index (κ3) is 3.08. The molecule has 2 rings (SSSR count). The van der Waals surface area contributed by atoms with E-state index in [-0.39, 0.29) is 6.54 Å². The summed E-state index contributed by atoms with van der Waals surface area (Å²) < 4.78 is 36.1. The molecule has 0 aliphatic carbocycles. The van der Waals surface area contributed by atoms with Gasteiger partial charge < -0.3 is 10.2 Å². The quantitative estimate of drug-likeness (QED) is 0.763. The Morgan fingerprint density at radius 3 is 2.73 bits per heavy atom. The summed E-state index contributed by atoms with van der Waals surface area (Å²) in [6, 6.07) is 0.437. The zero-order chi connectivity index (χ0) is 10.9. The van der Waals surface area contributed by atoms with Gasteiger partial charge in [0.2, 0.25) is 0 Å². The van der Waals surface area contributed by atoms with E-state index in [2.05, 4.69) is 5.32 Å². The third-order valence-electron chi connectivity index (χ3n) is 3.39. The van der Waals surface area contributed by atoms with Crippen LogP contribution >= 0.6 is 0 Å². The molecule has 88 valence electrons. The van der Waals surface area contributed by atoms with E-state index < -0.39 is 12.6 Å². The number of alkyl halides is 3. The molecule has 0 radical (unpaired) electrons. The molecule has 2 fully saturated rings. The van der Waals surface area contributed by atoms with Crippen molar-refractivity contribution >= 4 is 0 Å². The zero-order valence-corrected chi connectivity index (χ0v) is 8.69. The number of likely N-dealkylation sites (tertiary alicyclic amines) is 1. The Bertz CT molecular complexity index is 203. The molecule has 0 spiro atoms. The second-order valence-corrected chi connectivity index (χ2v) is 4.59. The Labute approximate surface area is 87.8 Å². The maximum atomic E-state index is 12.0. The van der Waals surface area contributed by atoms with E-state index in [9.17, 15) is 13.2 Å². The van der Waals surface area contributed by atoms with Crippen LogP contribution < -0.4 is 5.32 Å². The first-order chi connectivity index (χ1) is 7.04. The number of piperidine rings is 1. The fourth-order valence-corrected chi connectivity index (χ4v) is 2.60. The van der Waals surface area contributed by atoms with E-state index in [4.69, 9.17) is 0 Å². The third-order valence-corrected chi connectivity index (χ3v) is 3.39. The molecule has 0 bridgehead atoms. The van der Waals surface area contributed by atoms with Crippen molar-refractivity contribution in [3.05, 3.63) is 0 Å². The van der Waals surface area contributed by atoms with E-state index in [0.717, 1.165) is 26.1 Å². The monoisotopic (exact) mass is 222 g/mol. The Morgan fingerprint density at radius 2 is 2.07 bits per heavy atom. The van der Waals surface area contributed by atoms with Crippen LogP contribution in [0.5, 0.6) is 0 Å². The van der Waals surface area contributed by atoms with Crippen molar-refractivity contribution in [1.82, 2.24) is 10.2 Å². The van der Waals surface area contributed by atoms with Gasteiger partial charge >= 0.3 is 6.18 Å². The van der Waals surface area contributed by atoms with Gasteiger partial charge in [0.05, 0.1) is 6.42 Å². The normalized spacial score (nSPS) is 33.0. The lowest BCUT2D eigenvalue weighted by Gasteiger charge is -2.24. The van der Waals surface area contributed by atoms with E-state index in [1.807, 2.05) is 4.90 Å². The molecule has 0 aromatic rings. The lowest BCUT2D eigenvalue weighted by Crippen LogP contribution is -2.40. The Balaban J connectivity index is 1.77. The Hall–Kier alpha value is -0.290. The minimum Gasteiger partial charge on any atom is -0.312 e. The maximum absolute atomic E-state index is 12.0. The highest BCUT2D eigenvalue weighted by Gasteiger charge is 2.36. The molecule has 0 aromatic carbocycles. The van der Waals surface area contributed by atoms with E-state index in [0.29, 0.717) is 12.0 Å². The highest BCUT2D eigenvalue weighted by Crippen LogP contribution is 2.27. The van der Waals surface area contributed by atoms with Gasteiger partial charge in [-0.1, -0.05) is 0 Å². The summed E-state index contributed by atoms with van der Waals surface area (Å²) in [6.45, 7) is 2.82. The summed E-state index contributed by atoms with van der Waals surface area (Å²) in [7, 11) is 0. The molecular weight excluding hydrogens is 205 g/mol. The number of hydrogen-bond donors (Lipinski definition) is 1. The molecule has 2 aliphatic heterocycles. The van der Waals surface area contributed by atoms with Gasteiger partial charge in [0.1, 0.15) is 0 Å². The lowest BCUT2D eigenvalue weighted by molar-refractivity contribution is -0.137. The van der Waals surface area contributed by atoms with Crippen LogP contribution in [0, 0.1) is 5.92 Å². The van der Waals surface area contributed by atoms with Crippen molar-refractivity contribution in [2.24, 2.45) is 5.92 Å². The topological polar surface area (TPSA) is 15.3 Å². The molecule has 0 amide bonds. The molecule has 0 aromatic heterocycles. The maximum Gasteiger partial charge on any atom is 0.390 e. The van der Waals surface area contributed by atoms with E-state index in [1.165, 1.54) is 6.42 Å². The first-order valence-electron chi connectivity index (χ1n) is 5.57. The van der Waals surface area contributed by atoms with Gasteiger partial charge in [0, 0.05) is 25.7 Å². The fraction of sp³-hybridized carbons (Fsp3) is 1.00. The van der Waals surface area contributed by atoms with E-state index >= 15 is 0 Å². The van der Waals surface area contributed by atoms with E-state index in [1.54, 1.807) is 0 Å². The standard InChI is InChI=1S/C10H17F3N2/c11-10(12,13)3-5-15-6-8-2-1-4-14-9(8)7-15/h8-9,14H,1-7H2. The fourth-order valence-electron chi connectivity index (χ4n) is 2.60. The van der Waals surface area contributed by atoms with Crippen LogP contribution in [0.3, 0.4) is 0 Å². The highest BCUT2D eigenvalue weighted by atomic mass is 19.4. The summed E-state index contributed by atoms with van der Waals surface area (Å²) in [6.07, 6.45) is -2.36. The van der Waals surface area contributed by atoms with Gasteiger partial charge in [-0.3, -0.25) is 0 Å². The molecule has 1 N–H and O–H groups in total. The smallest absolute Gasteiger partial charge is 0.312 e. The Morgan fingerprint density at radius 1 is 1.27 bits per heavy atom. The number of halogens is 3. The second-order valence-electron chi connectivity index (χ2n) is 4.59. The molecule has 2 nitrogen and oxygen atoms in total. The van der Waals surface area contributed by atoms with Gasteiger partial charge in [-0.25, -0.2) is 0 Å². The number of nitrogens with zero attached hydrogens (tertiary/aromatic N) is 1. The van der Waals surface area contributed by atoms with Crippen molar-refractivity contribution in [3.63, 3.8) is 0 Å². The average Bonchev–Trinajstić information content (AvgIpc) is 2.56. The molecule has 15 heavy (non-hydrogen) atoms. The summed E-state index contributed by atoms with van der Waals surface area (Å²) in [5, 5.41) is 3.39. The molecule has 2 unspecified atom stereocenters. The number of hydrogen-bond acceptors (Lipinski definition) is 2. The number of nitrogens with one attached hydrogen (secondary N) is 1. The van der Waals surface area contributed by atoms with Crippen LogP contribution in [-0.2, 0) is 0 Å². The average molecular weight is 222 g/mol. The van der Waals surface area contributed by atoms with Crippen LogP contribution in [-0.4, -0.2) is 43.3 Å². The first-order valence-corrected chi connectivity index (χ1v) is 5.57. The van der Waals surface area contributed by atoms with Gasteiger partial charge in [0.15, 0.2) is 0 Å². The molecule has 2 saturated heterocycles. The number of rotatable bonds is 2.